The molecule has 1 N–H and O–H groups in total. The van der Waals surface area contributed by atoms with E-state index in [0.29, 0.717) is 6.42 Å². The van der Waals surface area contributed by atoms with Crippen molar-refractivity contribution in [3.8, 4) is 0 Å². The van der Waals surface area contributed by atoms with Crippen molar-refractivity contribution < 1.29 is 32.2 Å². The number of carbonyl (C=O) groups excluding carboxylic acids is 2. The second-order valence-corrected chi connectivity index (χ2v) is 6.33. The van der Waals surface area contributed by atoms with Crippen molar-refractivity contribution in [3.05, 3.63) is 82.6 Å². The van der Waals surface area contributed by atoms with Crippen LogP contribution in [0.25, 0.3) is 0 Å². The Bertz CT molecular complexity index is 923. The lowest BCUT2D eigenvalue weighted by Gasteiger charge is -2.20. The normalized spacial score (nSPS) is 14.9. The molecule has 8 heteroatoms. The number of ketones is 1. The Kier molecular flexibility index (Phi) is 6.21. The average Bonchev–Trinajstić information content (AvgIpc) is 2.71. The summed E-state index contributed by atoms with van der Waals surface area (Å²) in [6, 6.07) is 12.2. The first-order valence-electron chi connectivity index (χ1n) is 8.87. The Morgan fingerprint density at radius 3 is 2.66 bits per heavy atom. The van der Waals surface area contributed by atoms with E-state index in [1.165, 1.54) is 6.08 Å². The molecule has 3 rings (SSSR count). The minimum atomic E-state index is -4.48. The van der Waals surface area contributed by atoms with Crippen LogP contribution < -0.4 is 5.32 Å². The topological polar surface area (TPSA) is 64.6 Å². The SMILES string of the molecule is O=C(NCCC=C1OCc2cc(C(F)(F)F)ccc2C1=O)OCc1ccccc1. The summed E-state index contributed by atoms with van der Waals surface area (Å²) in [6.45, 7) is 0.239. The van der Waals surface area contributed by atoms with Crippen LogP contribution >= 0.6 is 0 Å². The Balaban J connectivity index is 1.49. The lowest BCUT2D eigenvalue weighted by Crippen LogP contribution is -2.25. The maximum Gasteiger partial charge on any atom is 0.416 e. The Labute approximate surface area is 165 Å². The fraction of sp³-hybridized carbons (Fsp3) is 0.238. The molecule has 0 atom stereocenters. The zero-order valence-electron chi connectivity index (χ0n) is 15.3. The minimum Gasteiger partial charge on any atom is -0.485 e. The number of rotatable bonds is 5. The molecule has 0 unspecified atom stereocenters. The van der Waals surface area contributed by atoms with Crippen molar-refractivity contribution in [1.29, 1.82) is 0 Å². The molecule has 29 heavy (non-hydrogen) atoms. The van der Waals surface area contributed by atoms with Crippen molar-refractivity contribution in [2.75, 3.05) is 6.54 Å². The number of ether oxygens (including phenoxy) is 2. The highest BCUT2D eigenvalue weighted by Crippen LogP contribution is 2.33. The van der Waals surface area contributed by atoms with E-state index in [1.807, 2.05) is 30.3 Å². The number of halogens is 3. The van der Waals surface area contributed by atoms with Gasteiger partial charge in [0.25, 0.3) is 0 Å². The molecule has 2 aromatic carbocycles. The molecular weight excluding hydrogens is 387 g/mol. The van der Waals surface area contributed by atoms with Gasteiger partial charge in [-0.1, -0.05) is 30.3 Å². The van der Waals surface area contributed by atoms with Gasteiger partial charge >= 0.3 is 12.3 Å². The molecule has 0 spiro atoms. The number of hydrogen-bond acceptors (Lipinski definition) is 4. The standard InChI is InChI=1S/C21H18F3NO4/c22-21(23,24)16-8-9-17-15(11-16)13-28-18(19(17)26)7-4-10-25-20(27)29-12-14-5-2-1-3-6-14/h1-3,5-9,11H,4,10,12-13H2,(H,25,27). The minimum absolute atomic E-state index is 0.0525. The fourth-order valence-corrected chi connectivity index (χ4v) is 2.77. The highest BCUT2D eigenvalue weighted by Gasteiger charge is 2.33. The van der Waals surface area contributed by atoms with E-state index in [1.54, 1.807) is 0 Å². The molecule has 0 radical (unpaired) electrons. The van der Waals surface area contributed by atoms with Crippen molar-refractivity contribution >= 4 is 11.9 Å². The van der Waals surface area contributed by atoms with E-state index in [9.17, 15) is 22.8 Å². The number of carbonyl (C=O) groups is 2. The van der Waals surface area contributed by atoms with Crippen molar-refractivity contribution in [2.45, 2.75) is 25.8 Å². The van der Waals surface area contributed by atoms with Crippen LogP contribution in [0.2, 0.25) is 0 Å². The van der Waals surface area contributed by atoms with Gasteiger partial charge in [-0.2, -0.15) is 13.2 Å². The number of alkyl carbamates (subject to hydrolysis) is 1. The maximum absolute atomic E-state index is 12.8. The summed E-state index contributed by atoms with van der Waals surface area (Å²) in [5, 5.41) is 2.55. The smallest absolute Gasteiger partial charge is 0.416 e. The largest absolute Gasteiger partial charge is 0.485 e. The first-order valence-corrected chi connectivity index (χ1v) is 8.87. The lowest BCUT2D eigenvalue weighted by molar-refractivity contribution is -0.137. The molecule has 1 amide bonds. The van der Waals surface area contributed by atoms with Gasteiger partial charge in [-0.25, -0.2) is 4.79 Å². The fourth-order valence-electron chi connectivity index (χ4n) is 2.77. The molecule has 2 aromatic rings. The van der Waals surface area contributed by atoms with Crippen molar-refractivity contribution in [2.24, 2.45) is 0 Å². The second kappa shape index (κ2) is 8.81. The second-order valence-electron chi connectivity index (χ2n) is 6.33. The third kappa shape index (κ3) is 5.37. The van der Waals surface area contributed by atoms with E-state index in [4.69, 9.17) is 9.47 Å². The van der Waals surface area contributed by atoms with Crippen LogP contribution in [0.1, 0.15) is 33.5 Å². The monoisotopic (exact) mass is 405 g/mol. The number of hydrogen-bond donors (Lipinski definition) is 1. The molecule has 1 aliphatic rings. The Hall–Kier alpha value is -3.29. The van der Waals surface area contributed by atoms with Crippen LogP contribution in [0.5, 0.6) is 0 Å². The third-order valence-corrected chi connectivity index (χ3v) is 4.24. The summed E-state index contributed by atoms with van der Waals surface area (Å²) in [5.74, 6) is -0.427. The first kappa shape index (κ1) is 20.4. The predicted molar refractivity (Wildman–Crippen MR) is 97.9 cm³/mol. The molecule has 0 saturated carbocycles. The first-order chi connectivity index (χ1) is 13.8. The number of Topliss-reactive ketones (excluding diaryl/α,β-unsaturated/α-hetero) is 1. The van der Waals surface area contributed by atoms with E-state index < -0.39 is 23.6 Å². The average molecular weight is 405 g/mol. The Morgan fingerprint density at radius 2 is 1.93 bits per heavy atom. The number of nitrogens with one attached hydrogen (secondary N) is 1. The summed E-state index contributed by atoms with van der Waals surface area (Å²) >= 11 is 0. The van der Waals surface area contributed by atoms with Crippen LogP contribution in [0.4, 0.5) is 18.0 Å². The number of amides is 1. The molecule has 1 heterocycles. The summed E-state index contributed by atoms with van der Waals surface area (Å²) in [4.78, 5) is 24.0. The molecule has 0 bridgehead atoms. The van der Waals surface area contributed by atoms with E-state index in [0.717, 1.165) is 23.8 Å². The number of fused-ring (bicyclic) bond motifs is 1. The third-order valence-electron chi connectivity index (χ3n) is 4.24. The Morgan fingerprint density at radius 1 is 1.17 bits per heavy atom. The molecule has 0 saturated heterocycles. The van der Waals surface area contributed by atoms with Gasteiger partial charge in [0.05, 0.1) is 5.56 Å². The van der Waals surface area contributed by atoms with E-state index in [2.05, 4.69) is 5.32 Å². The van der Waals surface area contributed by atoms with Crippen molar-refractivity contribution in [1.82, 2.24) is 5.32 Å². The van der Waals surface area contributed by atoms with Crippen LogP contribution in [0.3, 0.4) is 0 Å². The molecule has 5 nitrogen and oxygen atoms in total. The van der Waals surface area contributed by atoms with Crippen LogP contribution in [-0.4, -0.2) is 18.4 Å². The quantitative estimate of drug-likeness (QED) is 0.583. The summed E-state index contributed by atoms with van der Waals surface area (Å²) in [7, 11) is 0. The van der Waals surface area contributed by atoms with Gasteiger partial charge < -0.3 is 14.8 Å². The van der Waals surface area contributed by atoms with Crippen molar-refractivity contribution in [3.63, 3.8) is 0 Å². The zero-order chi connectivity index (χ0) is 20.9. The van der Waals surface area contributed by atoms with Gasteiger partial charge in [0, 0.05) is 17.7 Å². The van der Waals surface area contributed by atoms with E-state index in [-0.39, 0.29) is 36.6 Å². The van der Waals surface area contributed by atoms with Crippen LogP contribution in [-0.2, 0) is 28.9 Å². The van der Waals surface area contributed by atoms with Gasteiger partial charge in [-0.05, 0) is 36.3 Å². The molecule has 0 aliphatic carbocycles. The highest BCUT2D eigenvalue weighted by atomic mass is 19.4. The molecule has 0 aromatic heterocycles. The van der Waals surface area contributed by atoms with Gasteiger partial charge in [0.1, 0.15) is 13.2 Å². The molecule has 1 aliphatic heterocycles. The highest BCUT2D eigenvalue weighted by molar-refractivity contribution is 6.09. The number of allylic oxidation sites excluding steroid dienone is 1. The molecule has 152 valence electrons. The van der Waals surface area contributed by atoms with Gasteiger partial charge in [-0.3, -0.25) is 4.79 Å². The zero-order valence-corrected chi connectivity index (χ0v) is 15.3. The van der Waals surface area contributed by atoms with Crippen LogP contribution in [0.15, 0.2) is 60.4 Å². The van der Waals surface area contributed by atoms with Gasteiger partial charge in [0.2, 0.25) is 5.78 Å². The number of benzene rings is 2. The molecule has 0 fully saturated rings. The van der Waals surface area contributed by atoms with Crippen LogP contribution in [0, 0.1) is 0 Å². The molecular formula is C21H18F3NO4. The summed E-state index contributed by atoms with van der Waals surface area (Å²) in [5.41, 5.74) is 0.423. The summed E-state index contributed by atoms with van der Waals surface area (Å²) < 4.78 is 48.7. The van der Waals surface area contributed by atoms with Gasteiger partial charge in [-0.15, -0.1) is 0 Å². The summed E-state index contributed by atoms with van der Waals surface area (Å²) in [6.07, 6.45) is -3.26. The van der Waals surface area contributed by atoms with E-state index >= 15 is 0 Å². The maximum atomic E-state index is 12.8. The lowest BCUT2D eigenvalue weighted by atomic mass is 9.97. The predicted octanol–water partition coefficient (Wildman–Crippen LogP) is 4.62. The number of alkyl halides is 3. The van der Waals surface area contributed by atoms with Gasteiger partial charge in [0.15, 0.2) is 5.76 Å².